The second kappa shape index (κ2) is 2.59. The van der Waals surface area contributed by atoms with Crippen LogP contribution in [0.15, 0.2) is 6.07 Å². The monoisotopic (exact) mass is 166 g/mol. The van der Waals surface area contributed by atoms with Gasteiger partial charge in [0.25, 0.3) is 0 Å². The van der Waals surface area contributed by atoms with Gasteiger partial charge in [-0.25, -0.2) is 0 Å². The van der Waals surface area contributed by atoms with Gasteiger partial charge >= 0.3 is 0 Å². The molecule has 0 radical (unpaired) electrons. The Morgan fingerprint density at radius 3 is 2.75 bits per heavy atom. The maximum absolute atomic E-state index is 9.72. The molecule has 0 unspecified atom stereocenters. The minimum absolute atomic E-state index is 0.329. The zero-order chi connectivity index (χ0) is 8.72. The Morgan fingerprint density at radius 2 is 2.33 bits per heavy atom. The fraction of sp³-hybridized carbons (Fsp3) is 0.667. The van der Waals surface area contributed by atoms with Gasteiger partial charge in [-0.05, 0) is 31.7 Å². The molecule has 0 saturated heterocycles. The Morgan fingerprint density at radius 1 is 1.67 bits per heavy atom. The quantitative estimate of drug-likeness (QED) is 0.716. The van der Waals surface area contributed by atoms with Crippen molar-refractivity contribution in [2.24, 2.45) is 13.0 Å². The predicted molar refractivity (Wildman–Crippen MR) is 45.6 cm³/mol. The van der Waals surface area contributed by atoms with Gasteiger partial charge in [0, 0.05) is 12.7 Å². The van der Waals surface area contributed by atoms with Crippen molar-refractivity contribution < 1.29 is 5.11 Å². The normalized spacial score (nSPS) is 19.6. The lowest BCUT2D eigenvalue weighted by molar-refractivity contribution is 0.148. The van der Waals surface area contributed by atoms with Crippen LogP contribution in [0.1, 0.15) is 30.3 Å². The van der Waals surface area contributed by atoms with Crippen LogP contribution in [0.2, 0.25) is 0 Å². The molecule has 0 amide bonds. The zero-order valence-electron chi connectivity index (χ0n) is 7.49. The molecule has 0 spiro atoms. The number of aliphatic hydroxyl groups excluding tert-OH is 1. The fourth-order valence-electron chi connectivity index (χ4n) is 1.39. The lowest BCUT2D eigenvalue weighted by atomic mass is 10.1. The van der Waals surface area contributed by atoms with E-state index in [0.29, 0.717) is 5.92 Å². The Balaban J connectivity index is 2.21. The van der Waals surface area contributed by atoms with E-state index in [4.69, 9.17) is 0 Å². The summed E-state index contributed by atoms with van der Waals surface area (Å²) in [7, 11) is 1.90. The molecule has 3 nitrogen and oxygen atoms in total. The average molecular weight is 166 g/mol. The molecule has 3 heteroatoms. The summed E-state index contributed by atoms with van der Waals surface area (Å²) in [6, 6.07) is 1.96. The molecular weight excluding hydrogens is 152 g/mol. The van der Waals surface area contributed by atoms with E-state index in [1.165, 1.54) is 0 Å². The number of hydrogen-bond acceptors (Lipinski definition) is 2. The molecule has 2 rings (SSSR count). The second-order valence-corrected chi connectivity index (χ2v) is 3.62. The topological polar surface area (TPSA) is 38.1 Å². The first-order valence-corrected chi connectivity index (χ1v) is 4.37. The van der Waals surface area contributed by atoms with Crippen molar-refractivity contribution in [2.75, 3.05) is 0 Å². The molecule has 1 fully saturated rings. The lowest BCUT2D eigenvalue weighted by Gasteiger charge is -2.03. The third-order valence-corrected chi connectivity index (χ3v) is 2.50. The van der Waals surface area contributed by atoms with E-state index in [0.717, 1.165) is 24.2 Å². The van der Waals surface area contributed by atoms with Crippen molar-refractivity contribution >= 4 is 0 Å². The third kappa shape index (κ3) is 1.25. The van der Waals surface area contributed by atoms with Crippen molar-refractivity contribution in [1.82, 2.24) is 9.78 Å². The van der Waals surface area contributed by atoms with Gasteiger partial charge in [-0.3, -0.25) is 4.68 Å². The number of aliphatic hydroxyl groups is 1. The molecule has 1 N–H and O–H groups in total. The van der Waals surface area contributed by atoms with Crippen LogP contribution in [0.4, 0.5) is 0 Å². The summed E-state index contributed by atoms with van der Waals surface area (Å²) >= 11 is 0. The van der Waals surface area contributed by atoms with Crippen LogP contribution in [0.3, 0.4) is 0 Å². The van der Waals surface area contributed by atoms with Crippen molar-refractivity contribution in [1.29, 1.82) is 0 Å². The van der Waals surface area contributed by atoms with E-state index in [2.05, 4.69) is 5.10 Å². The first-order chi connectivity index (χ1) is 5.68. The van der Waals surface area contributed by atoms with E-state index in [9.17, 15) is 5.11 Å². The summed E-state index contributed by atoms with van der Waals surface area (Å²) in [6.07, 6.45) is 1.97. The molecule has 1 heterocycles. The molecule has 1 aromatic rings. The number of nitrogens with zero attached hydrogens (tertiary/aromatic N) is 2. The van der Waals surface area contributed by atoms with Crippen LogP contribution < -0.4 is 0 Å². The van der Waals surface area contributed by atoms with Gasteiger partial charge in [-0.15, -0.1) is 0 Å². The number of hydrogen-bond donors (Lipinski definition) is 1. The molecule has 1 atom stereocenters. The number of aryl methyl sites for hydroxylation is 2. The molecule has 1 aliphatic carbocycles. The molecule has 0 aliphatic heterocycles. The van der Waals surface area contributed by atoms with E-state index in [-0.39, 0.29) is 6.10 Å². The van der Waals surface area contributed by atoms with Gasteiger partial charge in [0.15, 0.2) is 0 Å². The highest BCUT2D eigenvalue weighted by molar-refractivity contribution is 5.13. The minimum atomic E-state index is -0.329. The van der Waals surface area contributed by atoms with Crippen LogP contribution in [0, 0.1) is 12.8 Å². The van der Waals surface area contributed by atoms with Crippen LogP contribution >= 0.6 is 0 Å². The summed E-state index contributed by atoms with van der Waals surface area (Å²) in [5.74, 6) is 0.472. The molecule has 1 aliphatic rings. The smallest absolute Gasteiger partial charge is 0.101 e. The Labute approximate surface area is 72.0 Å². The van der Waals surface area contributed by atoms with E-state index in [1.54, 1.807) is 4.68 Å². The van der Waals surface area contributed by atoms with Crippen molar-refractivity contribution in [3.8, 4) is 0 Å². The largest absolute Gasteiger partial charge is 0.386 e. The lowest BCUT2D eigenvalue weighted by Crippen LogP contribution is -2.01. The van der Waals surface area contributed by atoms with E-state index in [1.807, 2.05) is 20.0 Å². The van der Waals surface area contributed by atoms with Gasteiger partial charge in [0.05, 0.1) is 5.69 Å². The van der Waals surface area contributed by atoms with Gasteiger partial charge in [0.2, 0.25) is 0 Å². The van der Waals surface area contributed by atoms with E-state index >= 15 is 0 Å². The Hall–Kier alpha value is -0.830. The molecular formula is C9H14N2O. The van der Waals surface area contributed by atoms with Gasteiger partial charge in [0.1, 0.15) is 6.10 Å². The Kier molecular flexibility index (Phi) is 1.68. The summed E-state index contributed by atoms with van der Waals surface area (Å²) in [5, 5.41) is 14.0. The van der Waals surface area contributed by atoms with E-state index < -0.39 is 0 Å². The maximum atomic E-state index is 9.72. The highest BCUT2D eigenvalue weighted by atomic mass is 16.3. The number of aromatic nitrogens is 2. The SMILES string of the molecule is Cc1cc([C@H](O)C2CC2)nn1C. The molecule has 0 aromatic carbocycles. The molecule has 1 aromatic heterocycles. The average Bonchev–Trinajstić information content (AvgIpc) is 2.80. The molecule has 66 valence electrons. The van der Waals surface area contributed by atoms with Crippen LogP contribution in [-0.4, -0.2) is 14.9 Å². The van der Waals surface area contributed by atoms with Gasteiger partial charge < -0.3 is 5.11 Å². The third-order valence-electron chi connectivity index (χ3n) is 2.50. The van der Waals surface area contributed by atoms with Crippen molar-refractivity contribution in [3.05, 3.63) is 17.5 Å². The minimum Gasteiger partial charge on any atom is -0.386 e. The van der Waals surface area contributed by atoms with Crippen molar-refractivity contribution in [2.45, 2.75) is 25.9 Å². The fourth-order valence-corrected chi connectivity index (χ4v) is 1.39. The molecule has 0 bridgehead atoms. The van der Waals surface area contributed by atoms with Crippen LogP contribution in [-0.2, 0) is 7.05 Å². The standard InChI is InChI=1S/C9H14N2O/c1-6-5-8(10-11(6)2)9(12)7-3-4-7/h5,7,9,12H,3-4H2,1-2H3/t9-/m1/s1. The highest BCUT2D eigenvalue weighted by Gasteiger charge is 2.32. The Bertz CT molecular complexity index is 269. The molecule has 1 saturated carbocycles. The van der Waals surface area contributed by atoms with Crippen LogP contribution in [0.5, 0.6) is 0 Å². The molecule has 12 heavy (non-hydrogen) atoms. The first-order valence-electron chi connectivity index (χ1n) is 4.37. The number of rotatable bonds is 2. The maximum Gasteiger partial charge on any atom is 0.101 e. The summed E-state index contributed by atoms with van der Waals surface area (Å²) in [5.41, 5.74) is 1.93. The zero-order valence-corrected chi connectivity index (χ0v) is 7.49. The first kappa shape index (κ1) is 7.80. The second-order valence-electron chi connectivity index (χ2n) is 3.62. The van der Waals surface area contributed by atoms with Gasteiger partial charge in [-0.1, -0.05) is 0 Å². The summed E-state index contributed by atoms with van der Waals surface area (Å²) in [6.45, 7) is 2.00. The summed E-state index contributed by atoms with van der Waals surface area (Å²) < 4.78 is 1.81. The van der Waals surface area contributed by atoms with Gasteiger partial charge in [-0.2, -0.15) is 5.10 Å². The van der Waals surface area contributed by atoms with Crippen LogP contribution in [0.25, 0.3) is 0 Å². The van der Waals surface area contributed by atoms with Crippen molar-refractivity contribution in [3.63, 3.8) is 0 Å². The summed E-state index contributed by atoms with van der Waals surface area (Å²) in [4.78, 5) is 0. The predicted octanol–water partition coefficient (Wildman–Crippen LogP) is 1.17. The highest BCUT2D eigenvalue weighted by Crippen LogP contribution is 2.40.